The molecule has 0 aliphatic rings. The Balaban J connectivity index is 1.75. The Morgan fingerprint density at radius 3 is 2.31 bits per heavy atom. The minimum absolute atomic E-state index is 0.0676. The predicted octanol–water partition coefficient (Wildman–Crippen LogP) is 4.74. The van der Waals surface area contributed by atoms with Crippen LogP contribution in [-0.2, 0) is 10.5 Å². The smallest absolute Gasteiger partial charge is 0.319 e. The molecule has 2 rings (SSSR count). The fraction of sp³-hybridized carbons (Fsp3) is 0.263. The van der Waals surface area contributed by atoms with Gasteiger partial charge in [0.15, 0.2) is 0 Å². The second kappa shape index (κ2) is 10.1. The van der Waals surface area contributed by atoms with E-state index >= 15 is 0 Å². The first-order valence-corrected chi connectivity index (χ1v) is 9.75. The van der Waals surface area contributed by atoms with Crippen molar-refractivity contribution in [2.75, 3.05) is 16.4 Å². The summed E-state index contributed by atoms with van der Waals surface area (Å²) in [5, 5.41) is 9.02. The van der Waals surface area contributed by atoms with Gasteiger partial charge in [-0.3, -0.25) is 4.79 Å². The average molecular weight is 392 g/mol. The molecule has 0 aliphatic heterocycles. The molecule has 0 atom stereocenters. The molecule has 0 spiro atoms. The number of urea groups is 1. The molecule has 3 N–H and O–H groups in total. The van der Waals surface area contributed by atoms with Gasteiger partial charge in [0.1, 0.15) is 0 Å². The summed E-state index contributed by atoms with van der Waals surface area (Å²) < 4.78 is 0. The lowest BCUT2D eigenvalue weighted by Crippen LogP contribution is -2.34. The molecule has 0 aromatic heterocycles. The highest BCUT2D eigenvalue weighted by Crippen LogP contribution is 2.18. The van der Waals surface area contributed by atoms with Gasteiger partial charge < -0.3 is 16.0 Å². The van der Waals surface area contributed by atoms with Crippen molar-refractivity contribution in [2.24, 2.45) is 0 Å². The maximum absolute atomic E-state index is 12.0. The fourth-order valence-corrected chi connectivity index (χ4v) is 3.14. The summed E-state index contributed by atoms with van der Waals surface area (Å²) in [7, 11) is 0. The maximum atomic E-state index is 12.0. The van der Waals surface area contributed by atoms with Gasteiger partial charge in [-0.15, -0.1) is 11.8 Å². The monoisotopic (exact) mass is 391 g/mol. The third-order valence-corrected chi connectivity index (χ3v) is 4.48. The van der Waals surface area contributed by atoms with Crippen LogP contribution in [0.3, 0.4) is 0 Å². The van der Waals surface area contributed by atoms with E-state index in [2.05, 4.69) is 16.0 Å². The van der Waals surface area contributed by atoms with E-state index in [4.69, 9.17) is 11.6 Å². The number of thioether (sulfide) groups is 1. The van der Waals surface area contributed by atoms with Crippen LogP contribution in [0.5, 0.6) is 0 Å². The van der Waals surface area contributed by atoms with Crippen molar-refractivity contribution in [2.45, 2.75) is 25.6 Å². The fourth-order valence-electron chi connectivity index (χ4n) is 2.15. The number of carbonyl (C=O) groups is 2. The van der Waals surface area contributed by atoms with Crippen LogP contribution < -0.4 is 16.0 Å². The second-order valence-electron chi connectivity index (χ2n) is 6.00. The van der Waals surface area contributed by atoms with Gasteiger partial charge in [0.2, 0.25) is 5.91 Å². The highest BCUT2D eigenvalue weighted by Gasteiger charge is 2.06. The average Bonchev–Trinajstić information content (AvgIpc) is 2.56. The molecule has 0 bridgehead atoms. The lowest BCUT2D eigenvalue weighted by Gasteiger charge is -2.11. The van der Waals surface area contributed by atoms with Crippen LogP contribution in [0.1, 0.15) is 19.4 Å². The standard InChI is InChI=1S/C19H22ClN3O2S/c1-13(2)21-19(25)23-17-8-6-16(7-9-17)22-18(24)12-26-11-14-4-3-5-15(20)10-14/h3-10,13H,11-12H2,1-2H3,(H,22,24)(H2,21,23,25). The molecule has 0 saturated carbocycles. The zero-order chi connectivity index (χ0) is 18.9. The van der Waals surface area contributed by atoms with Gasteiger partial charge in [0.05, 0.1) is 5.75 Å². The van der Waals surface area contributed by atoms with Crippen molar-refractivity contribution in [1.29, 1.82) is 0 Å². The van der Waals surface area contributed by atoms with Crippen molar-refractivity contribution < 1.29 is 9.59 Å². The van der Waals surface area contributed by atoms with E-state index in [0.29, 0.717) is 22.2 Å². The topological polar surface area (TPSA) is 70.2 Å². The number of amides is 3. The molecule has 3 amide bonds. The Morgan fingerprint density at radius 2 is 1.69 bits per heavy atom. The minimum Gasteiger partial charge on any atom is -0.336 e. The Kier molecular flexibility index (Phi) is 7.81. The van der Waals surface area contributed by atoms with Gasteiger partial charge in [-0.25, -0.2) is 4.79 Å². The summed E-state index contributed by atoms with van der Waals surface area (Å²) in [6, 6.07) is 14.4. The number of carbonyl (C=O) groups excluding carboxylic acids is 2. The van der Waals surface area contributed by atoms with E-state index in [1.807, 2.05) is 38.1 Å². The molecule has 138 valence electrons. The maximum Gasteiger partial charge on any atom is 0.319 e. The van der Waals surface area contributed by atoms with Crippen LogP contribution in [0.2, 0.25) is 5.02 Å². The summed E-state index contributed by atoms with van der Waals surface area (Å²) >= 11 is 7.47. The van der Waals surface area contributed by atoms with Crippen LogP contribution >= 0.6 is 23.4 Å². The first kappa shape index (κ1) is 20.1. The van der Waals surface area contributed by atoms with Gasteiger partial charge in [0, 0.05) is 28.2 Å². The Hall–Kier alpha value is -2.18. The van der Waals surface area contributed by atoms with Crippen molar-refractivity contribution in [3.63, 3.8) is 0 Å². The van der Waals surface area contributed by atoms with Crippen LogP contribution in [0.4, 0.5) is 16.2 Å². The summed E-state index contributed by atoms with van der Waals surface area (Å²) in [4.78, 5) is 23.7. The molecule has 0 saturated heterocycles. The normalized spacial score (nSPS) is 10.5. The minimum atomic E-state index is -0.255. The Labute approximate surface area is 162 Å². The molecule has 0 heterocycles. The quantitative estimate of drug-likeness (QED) is 0.638. The third-order valence-electron chi connectivity index (χ3n) is 3.24. The van der Waals surface area contributed by atoms with E-state index in [9.17, 15) is 9.59 Å². The molecule has 26 heavy (non-hydrogen) atoms. The first-order valence-electron chi connectivity index (χ1n) is 8.22. The zero-order valence-corrected chi connectivity index (χ0v) is 16.3. The number of hydrogen-bond acceptors (Lipinski definition) is 3. The van der Waals surface area contributed by atoms with Crippen molar-refractivity contribution >= 4 is 46.7 Å². The highest BCUT2D eigenvalue weighted by molar-refractivity contribution is 7.99. The second-order valence-corrected chi connectivity index (χ2v) is 7.42. The number of halogens is 1. The van der Waals surface area contributed by atoms with Gasteiger partial charge >= 0.3 is 6.03 Å². The van der Waals surface area contributed by atoms with Crippen molar-refractivity contribution in [3.05, 3.63) is 59.1 Å². The Morgan fingerprint density at radius 1 is 1.04 bits per heavy atom. The number of hydrogen-bond donors (Lipinski definition) is 3. The third kappa shape index (κ3) is 7.37. The number of nitrogens with one attached hydrogen (secondary N) is 3. The van der Waals surface area contributed by atoms with Crippen molar-refractivity contribution in [1.82, 2.24) is 5.32 Å². The molecular weight excluding hydrogens is 370 g/mol. The first-order chi connectivity index (χ1) is 12.4. The van der Waals surface area contributed by atoms with Gasteiger partial charge in [-0.05, 0) is 55.8 Å². The molecule has 7 heteroatoms. The number of benzene rings is 2. The van der Waals surface area contributed by atoms with Crippen LogP contribution in [-0.4, -0.2) is 23.7 Å². The van der Waals surface area contributed by atoms with E-state index in [0.717, 1.165) is 11.3 Å². The SMILES string of the molecule is CC(C)NC(=O)Nc1ccc(NC(=O)CSCc2cccc(Cl)c2)cc1. The number of anilines is 2. The molecule has 2 aromatic rings. The highest BCUT2D eigenvalue weighted by atomic mass is 35.5. The summed E-state index contributed by atoms with van der Waals surface area (Å²) in [5.41, 5.74) is 2.44. The van der Waals surface area contributed by atoms with Gasteiger partial charge in [-0.2, -0.15) is 0 Å². The molecule has 0 unspecified atom stereocenters. The zero-order valence-electron chi connectivity index (χ0n) is 14.7. The molecule has 5 nitrogen and oxygen atoms in total. The van der Waals surface area contributed by atoms with Crippen LogP contribution in [0.25, 0.3) is 0 Å². The van der Waals surface area contributed by atoms with Crippen LogP contribution in [0.15, 0.2) is 48.5 Å². The lowest BCUT2D eigenvalue weighted by molar-refractivity contribution is -0.113. The number of rotatable bonds is 7. The van der Waals surface area contributed by atoms with E-state index in [-0.39, 0.29) is 18.0 Å². The molecule has 0 radical (unpaired) electrons. The van der Waals surface area contributed by atoms with Gasteiger partial charge in [-0.1, -0.05) is 23.7 Å². The van der Waals surface area contributed by atoms with E-state index in [1.165, 1.54) is 11.8 Å². The summed E-state index contributed by atoms with van der Waals surface area (Å²) in [5.74, 6) is 1.00. The molecule has 0 fully saturated rings. The molecular formula is C19H22ClN3O2S. The molecule has 2 aromatic carbocycles. The lowest BCUT2D eigenvalue weighted by atomic mass is 10.2. The van der Waals surface area contributed by atoms with Crippen molar-refractivity contribution in [3.8, 4) is 0 Å². The Bertz CT molecular complexity index is 751. The largest absolute Gasteiger partial charge is 0.336 e. The summed E-state index contributed by atoms with van der Waals surface area (Å²) in [6.45, 7) is 3.78. The van der Waals surface area contributed by atoms with E-state index < -0.39 is 0 Å². The van der Waals surface area contributed by atoms with E-state index in [1.54, 1.807) is 24.3 Å². The predicted molar refractivity (Wildman–Crippen MR) is 110 cm³/mol. The van der Waals surface area contributed by atoms with Gasteiger partial charge in [0.25, 0.3) is 0 Å². The summed E-state index contributed by atoms with van der Waals surface area (Å²) in [6.07, 6.45) is 0. The molecule has 0 aliphatic carbocycles. The van der Waals surface area contributed by atoms with Crippen LogP contribution in [0, 0.1) is 0 Å².